The molecule has 0 saturated heterocycles. The van der Waals surface area contributed by atoms with Crippen molar-refractivity contribution in [1.29, 1.82) is 0 Å². The summed E-state index contributed by atoms with van der Waals surface area (Å²) < 4.78 is 11.0. The summed E-state index contributed by atoms with van der Waals surface area (Å²) in [6.45, 7) is 6.05. The maximum Gasteiger partial charge on any atom is 0.303 e. The van der Waals surface area contributed by atoms with E-state index in [1.54, 1.807) is 6.08 Å². The third-order valence-corrected chi connectivity index (χ3v) is 3.99. The maximum atomic E-state index is 12.1. The van der Waals surface area contributed by atoms with Gasteiger partial charge in [0.1, 0.15) is 18.5 Å². The summed E-state index contributed by atoms with van der Waals surface area (Å²) in [5, 5.41) is 2.78. The van der Waals surface area contributed by atoms with Crippen molar-refractivity contribution in [2.24, 2.45) is 0 Å². The first-order chi connectivity index (χ1) is 13.9. The van der Waals surface area contributed by atoms with Crippen LogP contribution in [0, 0.1) is 0 Å². The number of amides is 1. The minimum Gasteiger partial charge on any atom is -0.490 e. The van der Waals surface area contributed by atoms with E-state index >= 15 is 0 Å². The second-order valence-electron chi connectivity index (χ2n) is 6.75. The summed E-state index contributed by atoms with van der Waals surface area (Å²) >= 11 is 0. The first-order valence-corrected chi connectivity index (χ1v) is 9.48. The molecule has 0 bridgehead atoms. The third-order valence-electron chi connectivity index (χ3n) is 3.99. The number of benzene rings is 2. The van der Waals surface area contributed by atoms with Crippen LogP contribution in [0.15, 0.2) is 72.3 Å². The average molecular weight is 393 g/mol. The molecular weight excluding hydrogens is 366 g/mol. The van der Waals surface area contributed by atoms with Gasteiger partial charge in [-0.05, 0) is 49.3 Å². The lowest BCUT2D eigenvalue weighted by Gasteiger charge is -2.18. The van der Waals surface area contributed by atoms with E-state index in [0.29, 0.717) is 6.61 Å². The molecule has 1 N–H and O–H groups in total. The van der Waals surface area contributed by atoms with Gasteiger partial charge >= 0.3 is 5.97 Å². The van der Waals surface area contributed by atoms with E-state index in [-0.39, 0.29) is 12.5 Å². The van der Waals surface area contributed by atoms with Crippen LogP contribution in [0.4, 0.5) is 0 Å². The van der Waals surface area contributed by atoms with Gasteiger partial charge in [-0.2, -0.15) is 0 Å². The van der Waals surface area contributed by atoms with Gasteiger partial charge in [0.15, 0.2) is 0 Å². The van der Waals surface area contributed by atoms with Gasteiger partial charge in [0, 0.05) is 13.0 Å². The molecule has 2 aromatic rings. The Morgan fingerprint density at radius 2 is 1.69 bits per heavy atom. The molecule has 0 aliphatic carbocycles. The predicted molar refractivity (Wildman–Crippen MR) is 114 cm³/mol. The largest absolute Gasteiger partial charge is 0.490 e. The van der Waals surface area contributed by atoms with E-state index in [2.05, 4.69) is 5.32 Å². The number of esters is 1. The van der Waals surface area contributed by atoms with Crippen LogP contribution in [0.2, 0.25) is 0 Å². The molecule has 0 spiro atoms. The summed E-state index contributed by atoms with van der Waals surface area (Å²) in [6, 6.07) is 16.8. The Labute approximate surface area is 172 Å². The molecule has 5 heteroatoms. The highest BCUT2D eigenvalue weighted by Crippen LogP contribution is 2.21. The summed E-state index contributed by atoms with van der Waals surface area (Å²) in [5.74, 6) is 0.0586. The molecule has 1 atom stereocenters. The fourth-order valence-corrected chi connectivity index (χ4v) is 2.50. The number of ether oxygens (including phenoxy) is 2. The molecule has 0 fully saturated rings. The zero-order chi connectivity index (χ0) is 21.1. The van der Waals surface area contributed by atoms with Crippen molar-refractivity contribution in [3.8, 4) is 5.75 Å². The molecule has 152 valence electrons. The van der Waals surface area contributed by atoms with Gasteiger partial charge in [-0.15, -0.1) is 0 Å². The molecule has 0 radical (unpaired) electrons. The Balaban J connectivity index is 1.96. The average Bonchev–Trinajstić information content (AvgIpc) is 2.70. The lowest BCUT2D eigenvalue weighted by atomic mass is 10.1. The highest BCUT2D eigenvalue weighted by molar-refractivity contribution is 5.91. The molecular formula is C24H27NO4. The van der Waals surface area contributed by atoms with Crippen LogP contribution in [0.3, 0.4) is 0 Å². The number of hydrogen-bond donors (Lipinski definition) is 1. The Morgan fingerprint density at radius 3 is 2.31 bits per heavy atom. The number of rotatable bonds is 9. The van der Waals surface area contributed by atoms with Crippen LogP contribution in [0.5, 0.6) is 5.75 Å². The van der Waals surface area contributed by atoms with Gasteiger partial charge in [-0.25, -0.2) is 0 Å². The number of hydrogen-bond acceptors (Lipinski definition) is 4. The number of allylic oxidation sites excluding steroid dienone is 1. The monoisotopic (exact) mass is 393 g/mol. The molecule has 0 aliphatic rings. The van der Waals surface area contributed by atoms with Crippen LogP contribution in [-0.4, -0.2) is 25.0 Å². The van der Waals surface area contributed by atoms with Crippen molar-refractivity contribution in [2.45, 2.75) is 26.9 Å². The lowest BCUT2D eigenvalue weighted by Crippen LogP contribution is -2.28. The third kappa shape index (κ3) is 8.47. The van der Waals surface area contributed by atoms with E-state index in [1.165, 1.54) is 18.6 Å². The van der Waals surface area contributed by atoms with Crippen LogP contribution in [0.25, 0.3) is 6.08 Å². The molecule has 1 unspecified atom stereocenters. The molecule has 2 rings (SSSR count). The smallest absolute Gasteiger partial charge is 0.303 e. The van der Waals surface area contributed by atoms with Crippen molar-refractivity contribution in [1.82, 2.24) is 5.32 Å². The highest BCUT2D eigenvalue weighted by atomic mass is 16.5. The fraction of sp³-hybridized carbons (Fsp3) is 0.250. The Kier molecular flexibility index (Phi) is 8.70. The van der Waals surface area contributed by atoms with Crippen LogP contribution in [-0.2, 0) is 14.3 Å². The molecule has 0 aliphatic heterocycles. The van der Waals surface area contributed by atoms with Crippen molar-refractivity contribution in [3.05, 3.63) is 83.4 Å². The SMILES string of the molecule is CC(=O)OC(CNC(=O)C=Cc1ccccc1)c1ccc(OCC=C(C)C)cc1. The van der Waals surface area contributed by atoms with Gasteiger partial charge in [0.2, 0.25) is 5.91 Å². The van der Waals surface area contributed by atoms with Crippen LogP contribution in [0.1, 0.15) is 38.0 Å². The van der Waals surface area contributed by atoms with E-state index in [9.17, 15) is 9.59 Å². The summed E-state index contributed by atoms with van der Waals surface area (Å²) in [6.07, 6.45) is 4.61. The van der Waals surface area contributed by atoms with E-state index in [1.807, 2.05) is 74.5 Å². The summed E-state index contributed by atoms with van der Waals surface area (Å²) in [5.41, 5.74) is 2.90. The Morgan fingerprint density at radius 1 is 1.00 bits per heavy atom. The number of nitrogens with one attached hydrogen (secondary N) is 1. The van der Waals surface area contributed by atoms with Crippen molar-refractivity contribution >= 4 is 18.0 Å². The molecule has 2 aromatic carbocycles. The normalized spacial score (nSPS) is 11.6. The standard InChI is InChI=1S/C24H27NO4/c1-18(2)15-16-28-22-12-10-21(11-13-22)23(29-19(3)26)17-25-24(27)14-9-20-7-5-4-6-8-20/h4-15,23H,16-17H2,1-3H3,(H,25,27). The summed E-state index contributed by atoms with van der Waals surface area (Å²) in [4.78, 5) is 23.6. The van der Waals surface area contributed by atoms with Gasteiger partial charge < -0.3 is 14.8 Å². The second-order valence-corrected chi connectivity index (χ2v) is 6.75. The maximum absolute atomic E-state index is 12.1. The topological polar surface area (TPSA) is 64.6 Å². The van der Waals surface area contributed by atoms with Gasteiger partial charge in [0.25, 0.3) is 0 Å². The van der Waals surface area contributed by atoms with Crippen molar-refractivity contribution in [3.63, 3.8) is 0 Å². The fourth-order valence-electron chi connectivity index (χ4n) is 2.50. The van der Waals surface area contributed by atoms with Gasteiger partial charge in [-0.3, -0.25) is 9.59 Å². The van der Waals surface area contributed by atoms with Crippen molar-refractivity contribution < 1.29 is 19.1 Å². The number of carbonyl (C=O) groups is 2. The highest BCUT2D eigenvalue weighted by Gasteiger charge is 2.15. The minimum absolute atomic E-state index is 0.176. The molecule has 0 saturated carbocycles. The first-order valence-electron chi connectivity index (χ1n) is 9.48. The van der Waals surface area contributed by atoms with E-state index < -0.39 is 12.1 Å². The van der Waals surface area contributed by atoms with Gasteiger partial charge in [-0.1, -0.05) is 48.0 Å². The molecule has 0 heterocycles. The van der Waals surface area contributed by atoms with E-state index in [0.717, 1.165) is 16.9 Å². The molecule has 29 heavy (non-hydrogen) atoms. The Bertz CT molecular complexity index is 850. The number of carbonyl (C=O) groups excluding carboxylic acids is 2. The quantitative estimate of drug-likeness (QED) is 0.388. The van der Waals surface area contributed by atoms with Crippen LogP contribution < -0.4 is 10.1 Å². The summed E-state index contributed by atoms with van der Waals surface area (Å²) in [7, 11) is 0. The molecule has 0 aromatic heterocycles. The van der Waals surface area contributed by atoms with Crippen LogP contribution >= 0.6 is 0 Å². The predicted octanol–water partition coefficient (Wildman–Crippen LogP) is 4.47. The molecule has 1 amide bonds. The minimum atomic E-state index is -0.576. The first kappa shape index (κ1) is 22.0. The molecule has 5 nitrogen and oxygen atoms in total. The van der Waals surface area contributed by atoms with Crippen molar-refractivity contribution in [2.75, 3.05) is 13.2 Å². The Hall–Kier alpha value is -3.34. The zero-order valence-electron chi connectivity index (χ0n) is 17.1. The lowest BCUT2D eigenvalue weighted by molar-refractivity contribution is -0.147. The van der Waals surface area contributed by atoms with E-state index in [4.69, 9.17) is 9.47 Å². The van der Waals surface area contributed by atoms with Gasteiger partial charge in [0.05, 0.1) is 6.54 Å². The second kappa shape index (κ2) is 11.5. The zero-order valence-corrected chi connectivity index (χ0v) is 17.1.